The first kappa shape index (κ1) is 17.6. The number of rotatable bonds is 5. The molecule has 134 valence electrons. The van der Waals surface area contributed by atoms with E-state index in [9.17, 15) is 19.5 Å². The number of carbonyl (C=O) groups excluding carboxylic acids is 3. The topological polar surface area (TPSA) is 108 Å². The molecule has 0 unspecified atom stereocenters. The molecular formula is C19H17N2O5-. The van der Waals surface area contributed by atoms with E-state index in [4.69, 9.17) is 4.74 Å². The highest BCUT2D eigenvalue weighted by atomic mass is 16.5. The standard InChI is InChI=1S/C19H18N2O5/c22-17(21-15-8-2-1-7-14(15)19(24)25)12-5-3-6-13(11-12)20-18(23)16-9-4-10-26-16/h1-3,5-8,11,16H,4,9-10H2,(H,20,23)(H,21,22)(H,24,25)/p-1/t16-/m0/s1. The van der Waals surface area contributed by atoms with E-state index in [0.29, 0.717) is 18.7 Å². The highest BCUT2D eigenvalue weighted by Crippen LogP contribution is 2.19. The molecule has 1 aliphatic heterocycles. The fourth-order valence-corrected chi connectivity index (χ4v) is 2.71. The summed E-state index contributed by atoms with van der Waals surface area (Å²) < 4.78 is 5.33. The Bertz CT molecular complexity index is 843. The van der Waals surface area contributed by atoms with Gasteiger partial charge in [-0.25, -0.2) is 0 Å². The normalized spacial score (nSPS) is 16.1. The molecule has 0 aromatic heterocycles. The van der Waals surface area contributed by atoms with E-state index in [2.05, 4.69) is 10.6 Å². The predicted octanol–water partition coefficient (Wildman–Crippen LogP) is 1.42. The predicted molar refractivity (Wildman–Crippen MR) is 92.8 cm³/mol. The average molecular weight is 353 g/mol. The van der Waals surface area contributed by atoms with E-state index in [0.717, 1.165) is 6.42 Å². The molecule has 1 saturated heterocycles. The second-order valence-electron chi connectivity index (χ2n) is 5.86. The third kappa shape index (κ3) is 4.07. The van der Waals surface area contributed by atoms with Crippen LogP contribution in [-0.2, 0) is 9.53 Å². The smallest absolute Gasteiger partial charge is 0.255 e. The number of ether oxygens (including phenoxy) is 1. The van der Waals surface area contributed by atoms with Gasteiger partial charge in [0.15, 0.2) is 0 Å². The van der Waals surface area contributed by atoms with Gasteiger partial charge in [0.05, 0.1) is 11.7 Å². The highest BCUT2D eigenvalue weighted by Gasteiger charge is 2.23. The van der Waals surface area contributed by atoms with Gasteiger partial charge in [0, 0.05) is 23.4 Å². The monoisotopic (exact) mass is 353 g/mol. The van der Waals surface area contributed by atoms with Gasteiger partial charge in [-0.3, -0.25) is 9.59 Å². The summed E-state index contributed by atoms with van der Waals surface area (Å²) in [7, 11) is 0. The minimum Gasteiger partial charge on any atom is -0.545 e. The van der Waals surface area contributed by atoms with Crippen LogP contribution < -0.4 is 15.7 Å². The van der Waals surface area contributed by atoms with Crippen LogP contribution >= 0.6 is 0 Å². The SMILES string of the molecule is O=C(Nc1ccccc1C(=O)[O-])c1cccc(NC(=O)[C@@H]2CCCO2)c1. The summed E-state index contributed by atoms with van der Waals surface area (Å²) in [5.41, 5.74) is 0.782. The van der Waals surface area contributed by atoms with Gasteiger partial charge in [-0.15, -0.1) is 0 Å². The van der Waals surface area contributed by atoms with Crippen molar-refractivity contribution in [3.05, 3.63) is 59.7 Å². The summed E-state index contributed by atoms with van der Waals surface area (Å²) in [6.45, 7) is 0.568. The van der Waals surface area contributed by atoms with Crippen LogP contribution in [0.5, 0.6) is 0 Å². The zero-order valence-corrected chi connectivity index (χ0v) is 13.9. The van der Waals surface area contributed by atoms with Gasteiger partial charge < -0.3 is 25.3 Å². The van der Waals surface area contributed by atoms with Crippen LogP contribution in [0, 0.1) is 0 Å². The first-order chi connectivity index (χ1) is 12.5. The number of hydrogen-bond donors (Lipinski definition) is 2. The summed E-state index contributed by atoms with van der Waals surface area (Å²) in [6.07, 6.45) is 1.05. The van der Waals surface area contributed by atoms with Gasteiger partial charge in [-0.1, -0.05) is 24.3 Å². The van der Waals surface area contributed by atoms with Crippen molar-refractivity contribution >= 4 is 29.2 Å². The van der Waals surface area contributed by atoms with Crippen LogP contribution in [0.15, 0.2) is 48.5 Å². The minimum atomic E-state index is -1.38. The molecule has 7 nitrogen and oxygen atoms in total. The second kappa shape index (κ2) is 7.79. The zero-order chi connectivity index (χ0) is 18.5. The number of carbonyl (C=O) groups is 3. The van der Waals surface area contributed by atoms with Gasteiger partial charge in [0.25, 0.3) is 11.8 Å². The van der Waals surface area contributed by atoms with Crippen molar-refractivity contribution < 1.29 is 24.2 Å². The van der Waals surface area contributed by atoms with Crippen LogP contribution in [0.1, 0.15) is 33.6 Å². The van der Waals surface area contributed by atoms with Crippen molar-refractivity contribution in [2.24, 2.45) is 0 Å². The molecule has 0 aliphatic carbocycles. The lowest BCUT2D eigenvalue weighted by Gasteiger charge is -2.13. The third-order valence-corrected chi connectivity index (χ3v) is 4.01. The fourth-order valence-electron chi connectivity index (χ4n) is 2.71. The summed E-state index contributed by atoms with van der Waals surface area (Å²) in [5.74, 6) is -2.12. The molecule has 1 atom stereocenters. The molecular weight excluding hydrogens is 336 g/mol. The zero-order valence-electron chi connectivity index (χ0n) is 13.9. The summed E-state index contributed by atoms with van der Waals surface area (Å²) in [6, 6.07) is 12.4. The molecule has 2 amide bonds. The number of amides is 2. The summed E-state index contributed by atoms with van der Waals surface area (Å²) >= 11 is 0. The molecule has 26 heavy (non-hydrogen) atoms. The number of benzene rings is 2. The fraction of sp³-hybridized carbons (Fsp3) is 0.211. The lowest BCUT2D eigenvalue weighted by Crippen LogP contribution is -2.27. The number of para-hydroxylation sites is 1. The van der Waals surface area contributed by atoms with Crippen LogP contribution in [0.3, 0.4) is 0 Å². The molecule has 1 heterocycles. The Morgan fingerprint density at radius 3 is 2.58 bits per heavy atom. The quantitative estimate of drug-likeness (QED) is 0.845. The van der Waals surface area contributed by atoms with Crippen molar-refractivity contribution in [3.63, 3.8) is 0 Å². The van der Waals surface area contributed by atoms with E-state index in [1.807, 2.05) is 0 Å². The minimum absolute atomic E-state index is 0.108. The molecule has 0 radical (unpaired) electrons. The molecule has 0 spiro atoms. The number of anilines is 2. The van der Waals surface area contributed by atoms with Crippen molar-refractivity contribution in [2.75, 3.05) is 17.2 Å². The van der Waals surface area contributed by atoms with Crippen LogP contribution in [0.4, 0.5) is 11.4 Å². The Labute approximate surface area is 150 Å². The van der Waals surface area contributed by atoms with Gasteiger partial charge >= 0.3 is 0 Å². The number of carboxylic acids is 1. The van der Waals surface area contributed by atoms with Crippen molar-refractivity contribution in [1.82, 2.24) is 0 Å². The van der Waals surface area contributed by atoms with Gasteiger partial charge in [0.2, 0.25) is 0 Å². The Morgan fingerprint density at radius 2 is 1.85 bits per heavy atom. The first-order valence-electron chi connectivity index (χ1n) is 8.19. The molecule has 1 aliphatic rings. The molecule has 1 fully saturated rings. The Hall–Kier alpha value is -3.19. The van der Waals surface area contributed by atoms with Gasteiger partial charge in [-0.2, -0.15) is 0 Å². The molecule has 0 saturated carbocycles. The maximum absolute atomic E-state index is 12.4. The average Bonchev–Trinajstić information content (AvgIpc) is 3.17. The molecule has 2 aromatic carbocycles. The van der Waals surface area contributed by atoms with E-state index < -0.39 is 18.0 Å². The van der Waals surface area contributed by atoms with Crippen molar-refractivity contribution in [2.45, 2.75) is 18.9 Å². The molecule has 2 N–H and O–H groups in total. The Morgan fingerprint density at radius 1 is 1.04 bits per heavy atom. The molecule has 2 aromatic rings. The maximum Gasteiger partial charge on any atom is 0.255 e. The lowest BCUT2D eigenvalue weighted by atomic mass is 10.1. The Kier molecular flexibility index (Phi) is 5.28. The maximum atomic E-state index is 12.4. The third-order valence-electron chi connectivity index (χ3n) is 4.01. The van der Waals surface area contributed by atoms with E-state index in [-0.39, 0.29) is 22.7 Å². The van der Waals surface area contributed by atoms with Crippen LogP contribution in [0.25, 0.3) is 0 Å². The van der Waals surface area contributed by atoms with Crippen LogP contribution in [0.2, 0.25) is 0 Å². The molecule has 3 rings (SSSR count). The summed E-state index contributed by atoms with van der Waals surface area (Å²) in [4.78, 5) is 35.6. The number of aromatic carboxylic acids is 1. The number of hydrogen-bond acceptors (Lipinski definition) is 5. The number of nitrogens with one attached hydrogen (secondary N) is 2. The number of carboxylic acid groups (broad SMARTS) is 1. The largest absolute Gasteiger partial charge is 0.545 e. The van der Waals surface area contributed by atoms with Crippen molar-refractivity contribution in [1.29, 1.82) is 0 Å². The first-order valence-corrected chi connectivity index (χ1v) is 8.19. The van der Waals surface area contributed by atoms with E-state index in [1.165, 1.54) is 18.2 Å². The van der Waals surface area contributed by atoms with Crippen molar-refractivity contribution in [3.8, 4) is 0 Å². The van der Waals surface area contributed by atoms with Gasteiger partial charge in [-0.05, 0) is 37.1 Å². The Balaban J connectivity index is 1.72. The second-order valence-corrected chi connectivity index (χ2v) is 5.86. The highest BCUT2D eigenvalue weighted by molar-refractivity contribution is 6.08. The summed E-state index contributed by atoms with van der Waals surface area (Å²) in [5, 5.41) is 16.4. The molecule has 7 heteroatoms. The molecule has 0 bridgehead atoms. The van der Waals surface area contributed by atoms with E-state index >= 15 is 0 Å². The lowest BCUT2D eigenvalue weighted by molar-refractivity contribution is -0.254. The van der Waals surface area contributed by atoms with Crippen LogP contribution in [-0.4, -0.2) is 30.5 Å². The van der Waals surface area contributed by atoms with E-state index in [1.54, 1.807) is 30.3 Å². The van der Waals surface area contributed by atoms with Gasteiger partial charge in [0.1, 0.15) is 6.10 Å².